The van der Waals surface area contributed by atoms with E-state index in [-0.39, 0.29) is 12.1 Å². The van der Waals surface area contributed by atoms with E-state index in [2.05, 4.69) is 23.3 Å². The average molecular weight is 366 g/mol. The SMILES string of the molecule is C=C(Cc1ccc(NC(=O)Nc2cccc3c2CC(O)CC3)cc1)OCC. The Kier molecular flexibility index (Phi) is 6.14. The van der Waals surface area contributed by atoms with Crippen LogP contribution in [0, 0.1) is 0 Å². The number of allylic oxidation sites excluding steroid dienone is 1. The lowest BCUT2D eigenvalue weighted by molar-refractivity contribution is 0.159. The summed E-state index contributed by atoms with van der Waals surface area (Å²) in [5, 5.41) is 15.7. The molecule has 0 aromatic heterocycles. The molecule has 0 aliphatic heterocycles. The van der Waals surface area contributed by atoms with Gasteiger partial charge >= 0.3 is 6.03 Å². The van der Waals surface area contributed by atoms with E-state index in [0.29, 0.717) is 25.1 Å². The Morgan fingerprint density at radius 2 is 2.00 bits per heavy atom. The van der Waals surface area contributed by atoms with Crippen molar-refractivity contribution in [3.8, 4) is 0 Å². The lowest BCUT2D eigenvalue weighted by Gasteiger charge is -2.23. The number of anilines is 2. The Labute approximate surface area is 160 Å². The number of aryl methyl sites for hydroxylation is 1. The first-order chi connectivity index (χ1) is 13.0. The third kappa shape index (κ3) is 5.11. The summed E-state index contributed by atoms with van der Waals surface area (Å²) in [5.74, 6) is 0.729. The molecule has 0 fully saturated rings. The molecular formula is C22H26N2O3. The number of aliphatic hydroxyl groups excluding tert-OH is 1. The molecule has 2 aromatic rings. The Bertz CT molecular complexity index is 815. The Morgan fingerprint density at radius 3 is 2.74 bits per heavy atom. The second kappa shape index (κ2) is 8.73. The number of carbonyl (C=O) groups is 1. The second-order valence-corrected chi connectivity index (χ2v) is 6.76. The third-order valence-electron chi connectivity index (χ3n) is 4.67. The fraction of sp³-hybridized carbons (Fsp3) is 0.318. The van der Waals surface area contributed by atoms with Crippen LogP contribution < -0.4 is 10.6 Å². The Morgan fingerprint density at radius 1 is 1.22 bits per heavy atom. The molecule has 0 saturated carbocycles. The maximum absolute atomic E-state index is 12.4. The lowest BCUT2D eigenvalue weighted by atomic mass is 9.88. The zero-order valence-corrected chi connectivity index (χ0v) is 15.6. The van der Waals surface area contributed by atoms with Crippen molar-refractivity contribution in [2.45, 2.75) is 38.7 Å². The van der Waals surface area contributed by atoms with Crippen molar-refractivity contribution in [3.63, 3.8) is 0 Å². The van der Waals surface area contributed by atoms with E-state index in [9.17, 15) is 9.90 Å². The maximum atomic E-state index is 12.4. The quantitative estimate of drug-likeness (QED) is 0.669. The van der Waals surface area contributed by atoms with Gasteiger partial charge in [-0.15, -0.1) is 0 Å². The minimum atomic E-state index is -0.345. The van der Waals surface area contributed by atoms with Crippen molar-refractivity contribution in [2.24, 2.45) is 0 Å². The van der Waals surface area contributed by atoms with E-state index in [4.69, 9.17) is 4.74 Å². The van der Waals surface area contributed by atoms with Crippen molar-refractivity contribution in [1.29, 1.82) is 0 Å². The first kappa shape index (κ1) is 19.0. The van der Waals surface area contributed by atoms with Crippen LogP contribution in [0.3, 0.4) is 0 Å². The van der Waals surface area contributed by atoms with Gasteiger partial charge in [0.1, 0.15) is 0 Å². The number of nitrogens with one attached hydrogen (secondary N) is 2. The summed E-state index contributed by atoms with van der Waals surface area (Å²) < 4.78 is 5.37. The van der Waals surface area contributed by atoms with Crippen LogP contribution in [0.15, 0.2) is 54.8 Å². The highest BCUT2D eigenvalue weighted by Crippen LogP contribution is 2.28. The van der Waals surface area contributed by atoms with Gasteiger partial charge in [-0.25, -0.2) is 4.79 Å². The highest BCUT2D eigenvalue weighted by atomic mass is 16.5. The van der Waals surface area contributed by atoms with Crippen LogP contribution in [0.1, 0.15) is 30.0 Å². The van der Waals surface area contributed by atoms with E-state index in [1.165, 1.54) is 5.56 Å². The molecule has 0 heterocycles. The highest BCUT2D eigenvalue weighted by molar-refractivity contribution is 6.00. The van der Waals surface area contributed by atoms with Crippen LogP contribution in [0.4, 0.5) is 16.2 Å². The molecule has 27 heavy (non-hydrogen) atoms. The molecule has 142 valence electrons. The molecule has 0 spiro atoms. The Hall–Kier alpha value is -2.79. The topological polar surface area (TPSA) is 70.6 Å². The van der Waals surface area contributed by atoms with E-state index in [0.717, 1.165) is 35.4 Å². The monoisotopic (exact) mass is 366 g/mol. The molecule has 0 saturated heterocycles. The molecule has 2 aromatic carbocycles. The smallest absolute Gasteiger partial charge is 0.323 e. The predicted molar refractivity (Wildman–Crippen MR) is 108 cm³/mol. The second-order valence-electron chi connectivity index (χ2n) is 6.76. The van der Waals surface area contributed by atoms with Crippen LogP contribution >= 0.6 is 0 Å². The number of amides is 2. The molecular weight excluding hydrogens is 340 g/mol. The fourth-order valence-corrected chi connectivity index (χ4v) is 3.36. The molecule has 3 N–H and O–H groups in total. The zero-order chi connectivity index (χ0) is 19.2. The summed E-state index contributed by atoms with van der Waals surface area (Å²) in [5.41, 5.74) is 4.76. The predicted octanol–water partition coefficient (Wildman–Crippen LogP) is 4.27. The van der Waals surface area contributed by atoms with Crippen molar-refractivity contribution in [3.05, 3.63) is 71.5 Å². The third-order valence-corrected chi connectivity index (χ3v) is 4.67. The number of fused-ring (bicyclic) bond motifs is 1. The normalized spacial score (nSPS) is 15.6. The van der Waals surface area contributed by atoms with Gasteiger partial charge in [0.25, 0.3) is 0 Å². The summed E-state index contributed by atoms with van der Waals surface area (Å²) in [4.78, 5) is 12.4. The van der Waals surface area contributed by atoms with Crippen LogP contribution in [0.25, 0.3) is 0 Å². The van der Waals surface area contributed by atoms with E-state index in [1.807, 2.05) is 43.3 Å². The van der Waals surface area contributed by atoms with Crippen LogP contribution in [-0.4, -0.2) is 23.8 Å². The number of ether oxygens (including phenoxy) is 1. The van der Waals surface area contributed by atoms with Gasteiger partial charge in [-0.3, -0.25) is 0 Å². The van der Waals surface area contributed by atoms with Gasteiger partial charge in [-0.2, -0.15) is 0 Å². The number of carbonyl (C=O) groups excluding carboxylic acids is 1. The molecule has 0 bridgehead atoms. The van der Waals surface area contributed by atoms with Gasteiger partial charge in [0.05, 0.1) is 18.5 Å². The standard InChI is InChI=1S/C22H26N2O3/c1-3-27-15(2)13-16-7-10-18(11-8-16)23-22(26)24-21-6-4-5-17-9-12-19(25)14-20(17)21/h4-8,10-11,19,25H,2-3,9,12-14H2,1H3,(H2,23,24,26). The number of rotatable bonds is 6. The van der Waals surface area contributed by atoms with Gasteiger partial charge in [-0.1, -0.05) is 30.8 Å². The number of urea groups is 1. The minimum Gasteiger partial charge on any atom is -0.498 e. The minimum absolute atomic E-state index is 0.296. The highest BCUT2D eigenvalue weighted by Gasteiger charge is 2.19. The fourth-order valence-electron chi connectivity index (χ4n) is 3.36. The molecule has 0 radical (unpaired) electrons. The number of hydrogen-bond donors (Lipinski definition) is 3. The summed E-state index contributed by atoms with van der Waals surface area (Å²) in [6, 6.07) is 13.2. The number of benzene rings is 2. The van der Waals surface area contributed by atoms with Crippen LogP contribution in [-0.2, 0) is 24.0 Å². The molecule has 5 heteroatoms. The largest absolute Gasteiger partial charge is 0.498 e. The molecule has 2 amide bonds. The average Bonchev–Trinajstić information content (AvgIpc) is 2.64. The zero-order valence-electron chi connectivity index (χ0n) is 15.6. The van der Waals surface area contributed by atoms with E-state index >= 15 is 0 Å². The summed E-state index contributed by atoms with van der Waals surface area (Å²) in [6.07, 6.45) is 2.48. The first-order valence-electron chi connectivity index (χ1n) is 9.31. The first-order valence-corrected chi connectivity index (χ1v) is 9.31. The van der Waals surface area contributed by atoms with Crippen molar-refractivity contribution < 1.29 is 14.6 Å². The maximum Gasteiger partial charge on any atom is 0.323 e. The van der Waals surface area contributed by atoms with Crippen molar-refractivity contribution in [1.82, 2.24) is 0 Å². The van der Waals surface area contributed by atoms with Gasteiger partial charge in [0, 0.05) is 24.2 Å². The van der Waals surface area contributed by atoms with Gasteiger partial charge in [-0.05, 0) is 54.7 Å². The molecule has 1 atom stereocenters. The molecule has 3 rings (SSSR count). The number of hydrogen-bond acceptors (Lipinski definition) is 3. The van der Waals surface area contributed by atoms with Gasteiger partial charge in [0.15, 0.2) is 0 Å². The summed E-state index contributed by atoms with van der Waals surface area (Å²) >= 11 is 0. The molecule has 1 aliphatic rings. The molecule has 5 nitrogen and oxygen atoms in total. The van der Waals surface area contributed by atoms with Gasteiger partial charge in [0.2, 0.25) is 0 Å². The molecule has 1 unspecified atom stereocenters. The molecule has 1 aliphatic carbocycles. The number of aliphatic hydroxyl groups is 1. The van der Waals surface area contributed by atoms with Gasteiger partial charge < -0.3 is 20.5 Å². The summed E-state index contributed by atoms with van der Waals surface area (Å²) in [6.45, 7) is 6.42. The lowest BCUT2D eigenvalue weighted by Crippen LogP contribution is -2.24. The van der Waals surface area contributed by atoms with E-state index in [1.54, 1.807) is 0 Å². The van der Waals surface area contributed by atoms with E-state index < -0.39 is 0 Å². The van der Waals surface area contributed by atoms with Crippen LogP contribution in [0.5, 0.6) is 0 Å². The van der Waals surface area contributed by atoms with Crippen LogP contribution in [0.2, 0.25) is 0 Å². The van der Waals surface area contributed by atoms with Crippen molar-refractivity contribution >= 4 is 17.4 Å². The Balaban J connectivity index is 1.61. The summed E-state index contributed by atoms with van der Waals surface area (Å²) in [7, 11) is 0. The van der Waals surface area contributed by atoms with Crippen molar-refractivity contribution in [2.75, 3.05) is 17.2 Å².